The molecule has 1 aliphatic rings. The molecule has 0 unspecified atom stereocenters. The van der Waals surface area contributed by atoms with Crippen LogP contribution in [0.1, 0.15) is 55.6 Å². The average Bonchev–Trinajstić information content (AvgIpc) is 3.55. The molecule has 4 heterocycles. The van der Waals surface area contributed by atoms with E-state index in [2.05, 4.69) is 20.1 Å². The monoisotopic (exact) mass is 567 g/mol. The third kappa shape index (κ3) is 4.64. The normalized spacial score (nSPS) is 14.5. The zero-order valence-electron chi connectivity index (χ0n) is 22.4. The van der Waals surface area contributed by atoms with Gasteiger partial charge in [-0.2, -0.15) is 18.3 Å². The first kappa shape index (κ1) is 26.7. The zero-order chi connectivity index (χ0) is 29.1. The molecule has 6 rings (SSSR count). The molecular weight excluding hydrogens is 542 g/mol. The largest absolute Gasteiger partial charge is 0.480 e. The lowest BCUT2D eigenvalue weighted by Gasteiger charge is -2.17. The highest BCUT2D eigenvalue weighted by atomic mass is 19.4. The van der Waals surface area contributed by atoms with Crippen LogP contribution in [-0.2, 0) is 12.7 Å². The average molecular weight is 568 g/mol. The van der Waals surface area contributed by atoms with Gasteiger partial charge in [-0.3, -0.25) is 9.36 Å². The van der Waals surface area contributed by atoms with Crippen LogP contribution in [0.15, 0.2) is 53.8 Å². The summed E-state index contributed by atoms with van der Waals surface area (Å²) in [7, 11) is 1.52. The van der Waals surface area contributed by atoms with Gasteiger partial charge in [0, 0.05) is 37.0 Å². The molecule has 212 valence electrons. The van der Waals surface area contributed by atoms with Crippen molar-refractivity contribution in [3.63, 3.8) is 0 Å². The van der Waals surface area contributed by atoms with Crippen LogP contribution in [0.5, 0.6) is 5.88 Å². The van der Waals surface area contributed by atoms with Gasteiger partial charge in [-0.15, -0.1) is 0 Å². The minimum atomic E-state index is -4.65. The number of imidazole rings is 1. The van der Waals surface area contributed by atoms with Gasteiger partial charge in [0.05, 0.1) is 30.0 Å². The number of hydrogen-bond donors (Lipinski definition) is 0. The molecule has 0 N–H and O–H groups in total. The van der Waals surface area contributed by atoms with E-state index in [0.717, 1.165) is 24.7 Å². The Morgan fingerprint density at radius 3 is 2.59 bits per heavy atom. The van der Waals surface area contributed by atoms with E-state index in [1.807, 2.05) is 0 Å². The number of nitrogens with zero attached hydrogens (tertiary/aromatic N) is 7. The second-order valence-electron chi connectivity index (χ2n) is 9.92. The molecule has 4 aromatic heterocycles. The van der Waals surface area contributed by atoms with E-state index in [1.165, 1.54) is 40.8 Å². The van der Waals surface area contributed by atoms with Gasteiger partial charge in [-0.1, -0.05) is 6.07 Å². The van der Waals surface area contributed by atoms with Gasteiger partial charge in [0.25, 0.3) is 5.56 Å². The van der Waals surface area contributed by atoms with Crippen LogP contribution in [-0.4, -0.2) is 40.8 Å². The smallest absolute Gasteiger partial charge is 0.434 e. The van der Waals surface area contributed by atoms with Crippen molar-refractivity contribution < 1.29 is 22.3 Å². The van der Waals surface area contributed by atoms with E-state index in [1.54, 1.807) is 36.7 Å². The summed E-state index contributed by atoms with van der Waals surface area (Å²) in [5, 5.41) is 4.67. The molecule has 1 saturated carbocycles. The Labute approximate surface area is 231 Å². The van der Waals surface area contributed by atoms with Gasteiger partial charge in [0.15, 0.2) is 5.69 Å². The second kappa shape index (κ2) is 9.82. The van der Waals surface area contributed by atoms with Crippen LogP contribution >= 0.6 is 0 Å². The fourth-order valence-electron chi connectivity index (χ4n) is 5.09. The Hall–Kier alpha value is -4.55. The van der Waals surface area contributed by atoms with Crippen molar-refractivity contribution >= 4 is 5.65 Å². The maximum atomic E-state index is 15.4. The van der Waals surface area contributed by atoms with E-state index in [0.29, 0.717) is 28.3 Å². The number of hydrogen-bond acceptors (Lipinski definition) is 6. The lowest BCUT2D eigenvalue weighted by molar-refractivity contribution is -0.140. The lowest BCUT2D eigenvalue weighted by Crippen LogP contribution is -2.25. The van der Waals surface area contributed by atoms with E-state index in [9.17, 15) is 18.0 Å². The summed E-state index contributed by atoms with van der Waals surface area (Å²) in [6.45, 7) is 3.56. The van der Waals surface area contributed by atoms with Gasteiger partial charge in [0.2, 0.25) is 5.88 Å². The Kier molecular flexibility index (Phi) is 6.39. The van der Waals surface area contributed by atoms with Crippen LogP contribution in [0, 0.1) is 5.82 Å². The van der Waals surface area contributed by atoms with E-state index in [4.69, 9.17) is 4.74 Å². The quantitative estimate of drug-likeness (QED) is 0.242. The van der Waals surface area contributed by atoms with Crippen LogP contribution in [0.2, 0.25) is 0 Å². The van der Waals surface area contributed by atoms with Crippen LogP contribution in [0.3, 0.4) is 0 Å². The predicted octanol–water partition coefficient (Wildman–Crippen LogP) is 5.49. The highest BCUT2D eigenvalue weighted by molar-refractivity contribution is 5.72. The molecule has 13 heteroatoms. The molecule has 1 aliphatic carbocycles. The Balaban J connectivity index is 1.42. The van der Waals surface area contributed by atoms with Crippen molar-refractivity contribution in [2.45, 2.75) is 51.4 Å². The van der Waals surface area contributed by atoms with Crippen molar-refractivity contribution in [3.8, 4) is 28.5 Å². The Morgan fingerprint density at radius 1 is 1.15 bits per heavy atom. The molecule has 0 aliphatic heterocycles. The number of methoxy groups -OCH3 is 1. The molecule has 5 aromatic rings. The fraction of sp³-hybridized carbons (Fsp3) is 0.321. The Bertz CT molecular complexity index is 1840. The molecule has 0 amide bonds. The van der Waals surface area contributed by atoms with Crippen molar-refractivity contribution in [2.75, 3.05) is 7.11 Å². The molecule has 1 aromatic carbocycles. The fourth-order valence-corrected chi connectivity index (χ4v) is 5.09. The minimum absolute atomic E-state index is 0.0701. The third-order valence-electron chi connectivity index (χ3n) is 7.33. The van der Waals surface area contributed by atoms with Crippen molar-refractivity contribution in [2.24, 2.45) is 0 Å². The predicted molar refractivity (Wildman–Crippen MR) is 141 cm³/mol. The van der Waals surface area contributed by atoms with Crippen molar-refractivity contribution in [1.82, 2.24) is 33.7 Å². The summed E-state index contributed by atoms with van der Waals surface area (Å²) in [5.74, 6) is -0.214. The summed E-state index contributed by atoms with van der Waals surface area (Å²) >= 11 is 0. The highest BCUT2D eigenvalue weighted by Gasteiger charge is 2.35. The summed E-state index contributed by atoms with van der Waals surface area (Å²) in [4.78, 5) is 25.5. The number of alkyl halides is 3. The van der Waals surface area contributed by atoms with Crippen LogP contribution in [0.25, 0.3) is 28.3 Å². The van der Waals surface area contributed by atoms with Crippen LogP contribution in [0.4, 0.5) is 17.6 Å². The number of aromatic nitrogens is 7. The maximum Gasteiger partial charge on any atom is 0.434 e. The number of halogens is 4. The van der Waals surface area contributed by atoms with Gasteiger partial charge >= 0.3 is 6.18 Å². The molecular formula is C28H25F4N7O2. The first-order chi connectivity index (χ1) is 19.6. The summed E-state index contributed by atoms with van der Waals surface area (Å²) in [5.41, 5.74) is 1.42. The zero-order valence-corrected chi connectivity index (χ0v) is 22.4. The van der Waals surface area contributed by atoms with Gasteiger partial charge in [-0.25, -0.2) is 23.9 Å². The SMILES string of the molecule is CCn1cc(C(F)(F)F)nc1-c1ccc([C@@H](C)n2c(=O)ccn3nc(-c4c(OC)ncnc4C4CC4)cc23)cc1F. The number of ether oxygens (including phenoxy) is 1. The number of benzene rings is 1. The molecule has 0 bridgehead atoms. The number of aryl methyl sites for hydroxylation is 1. The first-order valence-electron chi connectivity index (χ1n) is 13.0. The van der Waals surface area contributed by atoms with E-state index >= 15 is 4.39 Å². The molecule has 1 fully saturated rings. The number of rotatable bonds is 7. The molecule has 0 radical (unpaired) electrons. The topological polar surface area (TPSA) is 92.1 Å². The van der Waals surface area contributed by atoms with Gasteiger partial charge < -0.3 is 9.30 Å². The van der Waals surface area contributed by atoms with Crippen molar-refractivity contribution in [1.29, 1.82) is 0 Å². The maximum absolute atomic E-state index is 15.4. The van der Waals surface area contributed by atoms with E-state index in [-0.39, 0.29) is 29.4 Å². The standard InChI is InChI=1S/C28H25F4N7O2/c1-4-37-13-21(28(30,31)32)35-26(37)18-8-7-17(11-19(18)29)15(2)39-22-12-20(36-38(22)10-9-23(39)40)24-25(16-5-6-16)33-14-34-27(24)41-3/h7-16H,4-6H2,1-3H3/t15-/m1/s1. The van der Waals surface area contributed by atoms with Gasteiger partial charge in [0.1, 0.15) is 29.3 Å². The second-order valence-corrected chi connectivity index (χ2v) is 9.92. The molecule has 0 spiro atoms. The summed E-state index contributed by atoms with van der Waals surface area (Å²) < 4.78 is 65.0. The summed E-state index contributed by atoms with van der Waals surface area (Å²) in [6.07, 6.45) is 1.21. The Morgan fingerprint density at radius 2 is 1.93 bits per heavy atom. The first-order valence-corrected chi connectivity index (χ1v) is 13.0. The van der Waals surface area contributed by atoms with E-state index < -0.39 is 23.7 Å². The molecule has 0 saturated heterocycles. The van der Waals surface area contributed by atoms with Gasteiger partial charge in [-0.05, 0) is 44.4 Å². The highest BCUT2D eigenvalue weighted by Crippen LogP contribution is 2.45. The summed E-state index contributed by atoms with van der Waals surface area (Å²) in [6, 6.07) is 6.64. The van der Waals surface area contributed by atoms with Crippen LogP contribution < -0.4 is 10.3 Å². The lowest BCUT2D eigenvalue weighted by atomic mass is 10.0. The van der Waals surface area contributed by atoms with Crippen molar-refractivity contribution in [3.05, 3.63) is 82.2 Å². The molecule has 1 atom stereocenters. The molecule has 41 heavy (non-hydrogen) atoms. The third-order valence-corrected chi connectivity index (χ3v) is 7.33. The molecule has 9 nitrogen and oxygen atoms in total. The number of fused-ring (bicyclic) bond motifs is 1. The minimum Gasteiger partial charge on any atom is -0.480 e.